The van der Waals surface area contributed by atoms with Crippen molar-refractivity contribution in [3.8, 4) is 0 Å². The van der Waals surface area contributed by atoms with E-state index in [-0.39, 0.29) is 10.6 Å². The van der Waals surface area contributed by atoms with Gasteiger partial charge in [0.2, 0.25) is 12.0 Å². The number of aliphatic carboxylic acids is 1. The van der Waals surface area contributed by atoms with Gasteiger partial charge in [-0.25, -0.2) is 9.18 Å². The fraction of sp³-hybridized carbons (Fsp3) is 0.400. The van der Waals surface area contributed by atoms with Crippen molar-refractivity contribution in [2.45, 2.75) is 30.7 Å². The van der Waals surface area contributed by atoms with E-state index >= 15 is 0 Å². The lowest BCUT2D eigenvalue weighted by molar-refractivity contribution is -0.291. The van der Waals surface area contributed by atoms with E-state index in [1.807, 2.05) is 0 Å². The normalized spacial score (nSPS) is 30.2. The molecule has 8 nitrogen and oxygen atoms in total. The summed E-state index contributed by atoms with van der Waals surface area (Å²) in [7, 11) is 0. The molecule has 0 radical (unpaired) electrons. The first kappa shape index (κ1) is 19.6. The molecule has 10 heteroatoms. The van der Waals surface area contributed by atoms with Crippen LogP contribution in [0.3, 0.4) is 0 Å². The lowest BCUT2D eigenvalue weighted by Gasteiger charge is -2.39. The van der Waals surface area contributed by atoms with Crippen molar-refractivity contribution in [3.63, 3.8) is 0 Å². The summed E-state index contributed by atoms with van der Waals surface area (Å²) < 4.78 is 23.9. The summed E-state index contributed by atoms with van der Waals surface area (Å²) in [6.07, 6.45) is -7.39. The molecular weight excluding hydrogens is 363 g/mol. The van der Waals surface area contributed by atoms with Crippen LogP contribution in [0.1, 0.15) is 5.56 Å². The summed E-state index contributed by atoms with van der Waals surface area (Å²) in [5.41, 5.74) is -0.258. The number of aliphatic hydroxyl groups is 4. The number of halogens is 2. The summed E-state index contributed by atoms with van der Waals surface area (Å²) in [4.78, 5) is 11.3. The lowest BCUT2D eigenvalue weighted by Crippen LogP contribution is -2.59. The molecule has 0 amide bonds. The van der Waals surface area contributed by atoms with Crippen molar-refractivity contribution >= 4 is 23.6 Å². The second kappa shape index (κ2) is 8.09. The van der Waals surface area contributed by atoms with Crippen molar-refractivity contribution in [2.24, 2.45) is 0 Å². The van der Waals surface area contributed by atoms with Crippen LogP contribution >= 0.6 is 11.6 Å². The molecule has 0 saturated carbocycles. The number of hydrogen-bond donors (Lipinski definition) is 5. The quantitative estimate of drug-likeness (QED) is 0.348. The Morgan fingerprint density at radius 2 is 1.96 bits per heavy atom. The molecule has 0 unspecified atom stereocenters. The number of rotatable bonds is 5. The van der Waals surface area contributed by atoms with Crippen molar-refractivity contribution in [3.05, 3.63) is 40.4 Å². The van der Waals surface area contributed by atoms with E-state index in [1.165, 1.54) is 12.1 Å². The topological polar surface area (TPSA) is 137 Å². The Hall–Kier alpha value is -1.75. The lowest BCUT2D eigenvalue weighted by atomic mass is 9.99. The molecule has 0 spiro atoms. The summed E-state index contributed by atoms with van der Waals surface area (Å²) in [5.74, 6) is -3.24. The third kappa shape index (κ3) is 4.27. The highest BCUT2D eigenvalue weighted by atomic mass is 35.5. The third-order valence-electron chi connectivity index (χ3n) is 3.58. The number of carbonyl (C=O) groups is 1. The van der Waals surface area contributed by atoms with Gasteiger partial charge in [0.05, 0.1) is 11.6 Å². The highest BCUT2D eigenvalue weighted by Crippen LogP contribution is 2.26. The first-order valence-corrected chi connectivity index (χ1v) is 7.50. The zero-order chi connectivity index (χ0) is 18.7. The van der Waals surface area contributed by atoms with Crippen LogP contribution in [0.25, 0.3) is 6.08 Å². The molecule has 1 aromatic rings. The Labute approximate surface area is 146 Å². The van der Waals surface area contributed by atoms with Crippen LogP contribution in [0.2, 0.25) is 5.02 Å². The highest BCUT2D eigenvalue weighted by molar-refractivity contribution is 6.32. The molecule has 1 saturated heterocycles. The molecule has 0 aromatic heterocycles. The van der Waals surface area contributed by atoms with E-state index in [9.17, 15) is 29.6 Å². The van der Waals surface area contributed by atoms with Crippen LogP contribution < -0.4 is 0 Å². The predicted octanol–water partition coefficient (Wildman–Crippen LogP) is -0.279. The zero-order valence-corrected chi connectivity index (χ0v) is 13.4. The van der Waals surface area contributed by atoms with E-state index in [2.05, 4.69) is 0 Å². The van der Waals surface area contributed by atoms with Crippen LogP contribution in [0.4, 0.5) is 4.39 Å². The van der Waals surface area contributed by atoms with Gasteiger partial charge in [-0.2, -0.15) is 0 Å². The molecule has 1 aliphatic heterocycles. The van der Waals surface area contributed by atoms with Crippen molar-refractivity contribution in [2.75, 3.05) is 6.61 Å². The summed E-state index contributed by atoms with van der Waals surface area (Å²) in [6.45, 7) is -0.712. The highest BCUT2D eigenvalue weighted by Gasteiger charge is 2.45. The first-order valence-electron chi connectivity index (χ1n) is 7.12. The van der Waals surface area contributed by atoms with Crippen LogP contribution in [0.5, 0.6) is 0 Å². The smallest absolute Gasteiger partial charge is 0.371 e. The van der Waals surface area contributed by atoms with Crippen LogP contribution in [0.15, 0.2) is 24.0 Å². The van der Waals surface area contributed by atoms with Crippen LogP contribution in [-0.2, 0) is 14.3 Å². The maximum atomic E-state index is 13.8. The zero-order valence-electron chi connectivity index (χ0n) is 12.6. The Kier molecular flexibility index (Phi) is 6.33. The molecule has 5 atom stereocenters. The first-order chi connectivity index (χ1) is 11.8. The summed E-state index contributed by atoms with van der Waals surface area (Å²) in [6, 6.07) is 3.72. The molecule has 1 aromatic carbocycles. The molecule has 138 valence electrons. The Morgan fingerprint density at radius 3 is 2.52 bits per heavy atom. The predicted molar refractivity (Wildman–Crippen MR) is 81.9 cm³/mol. The molecule has 1 fully saturated rings. The summed E-state index contributed by atoms with van der Waals surface area (Å²) >= 11 is 5.82. The number of aliphatic hydroxyl groups excluding tert-OH is 4. The average Bonchev–Trinajstić information content (AvgIpc) is 2.57. The van der Waals surface area contributed by atoms with Gasteiger partial charge in [0.25, 0.3) is 0 Å². The number of benzene rings is 1. The molecule has 0 bridgehead atoms. The van der Waals surface area contributed by atoms with E-state index in [0.717, 1.165) is 12.1 Å². The number of hydrogen-bond acceptors (Lipinski definition) is 7. The average molecular weight is 379 g/mol. The molecule has 0 aliphatic carbocycles. The molecule has 1 heterocycles. The van der Waals surface area contributed by atoms with Gasteiger partial charge in [0.15, 0.2) is 0 Å². The van der Waals surface area contributed by atoms with Crippen LogP contribution in [-0.4, -0.2) is 68.8 Å². The molecular formula is C15H16ClFO8. The van der Waals surface area contributed by atoms with Crippen molar-refractivity contribution in [1.29, 1.82) is 0 Å². The maximum absolute atomic E-state index is 13.8. The molecule has 2 rings (SSSR count). The van der Waals surface area contributed by atoms with Crippen molar-refractivity contribution in [1.82, 2.24) is 0 Å². The Bertz CT molecular complexity index is 645. The van der Waals surface area contributed by atoms with E-state index in [4.69, 9.17) is 26.2 Å². The largest absolute Gasteiger partial charge is 0.475 e. The maximum Gasteiger partial charge on any atom is 0.371 e. The van der Waals surface area contributed by atoms with Gasteiger partial charge in [0, 0.05) is 5.56 Å². The number of carboxylic acid groups (broad SMARTS) is 1. The Morgan fingerprint density at radius 1 is 1.28 bits per heavy atom. The molecule has 5 N–H and O–H groups in total. The van der Waals surface area contributed by atoms with Gasteiger partial charge in [0.1, 0.15) is 30.2 Å². The second-order valence-corrected chi connectivity index (χ2v) is 5.67. The van der Waals surface area contributed by atoms with E-state index < -0.39 is 54.9 Å². The summed E-state index contributed by atoms with van der Waals surface area (Å²) in [5, 5.41) is 47.5. The third-order valence-corrected chi connectivity index (χ3v) is 3.91. The van der Waals surface area contributed by atoms with Crippen LogP contribution in [0, 0.1) is 5.82 Å². The van der Waals surface area contributed by atoms with Crippen molar-refractivity contribution < 1.29 is 44.2 Å². The fourth-order valence-corrected chi connectivity index (χ4v) is 2.43. The monoisotopic (exact) mass is 378 g/mol. The fourth-order valence-electron chi connectivity index (χ4n) is 2.22. The molecule has 25 heavy (non-hydrogen) atoms. The van der Waals surface area contributed by atoms with Gasteiger partial charge in [-0.05, 0) is 18.2 Å². The minimum Gasteiger partial charge on any atom is -0.475 e. The second-order valence-electron chi connectivity index (χ2n) is 5.26. The van der Waals surface area contributed by atoms with E-state index in [0.29, 0.717) is 0 Å². The minimum absolute atomic E-state index is 0.0730. The van der Waals surface area contributed by atoms with Gasteiger partial charge in [-0.15, -0.1) is 0 Å². The standard InChI is InChI=1S/C15H16ClFO8/c16-7-2-1-3-8(17)6(7)4-9(14(22)23)24-15-13(21)12(20)11(19)10(5-18)25-15/h1-4,10-13,15,18-21H,5H2,(H,22,23)/t10-,11-,12+,13-,15-/m0/s1. The minimum atomic E-state index is -1.81. The number of carboxylic acids is 1. The van der Waals surface area contributed by atoms with E-state index in [1.54, 1.807) is 0 Å². The number of ether oxygens (including phenoxy) is 2. The Balaban J connectivity index is 2.30. The van der Waals surface area contributed by atoms with Gasteiger partial charge in [-0.1, -0.05) is 17.7 Å². The van der Waals surface area contributed by atoms with Gasteiger partial charge >= 0.3 is 5.97 Å². The van der Waals surface area contributed by atoms with Gasteiger partial charge in [-0.3, -0.25) is 0 Å². The SMILES string of the molecule is O=C(O)C(=Cc1c(F)cccc1Cl)O[C@H]1O[C@@H](CO)[C@H](O)[C@@H](O)[C@@H]1O. The molecule has 1 aliphatic rings. The van der Waals surface area contributed by atoms with Gasteiger partial charge < -0.3 is 35.0 Å².